The highest BCUT2D eigenvalue weighted by atomic mass is 32.1. The molecule has 0 bridgehead atoms. The first-order valence-corrected chi connectivity index (χ1v) is 3.15. The van der Waals surface area contributed by atoms with Crippen LogP contribution in [-0.4, -0.2) is 11.3 Å². The molecule has 1 heterocycles. The first-order chi connectivity index (χ1) is 4.36. The van der Waals surface area contributed by atoms with Crippen molar-refractivity contribution in [1.82, 2.24) is 4.98 Å². The van der Waals surface area contributed by atoms with E-state index in [2.05, 4.69) is 11.6 Å². The molecule has 1 radical (unpaired) electrons. The molecule has 2 nitrogen and oxygen atoms in total. The van der Waals surface area contributed by atoms with Crippen molar-refractivity contribution in [3.05, 3.63) is 22.7 Å². The van der Waals surface area contributed by atoms with E-state index in [-0.39, 0.29) is 0 Å². The lowest BCUT2D eigenvalue weighted by molar-refractivity contribution is 0.563. The molecular weight excluding hydrogens is 134 g/mol. The number of hydrogen-bond acceptors (Lipinski definition) is 3. The van der Waals surface area contributed by atoms with Gasteiger partial charge >= 0.3 is 0 Å². The molecule has 1 aromatic heterocycles. The minimum absolute atomic E-state index is 0.518. The van der Waals surface area contributed by atoms with Gasteiger partial charge in [0.25, 0.3) is 0 Å². The summed E-state index contributed by atoms with van der Waals surface area (Å²) in [7, 11) is 0. The second-order valence-electron chi connectivity index (χ2n) is 1.37. The molecule has 0 unspecified atom stereocenters. The van der Waals surface area contributed by atoms with E-state index in [0.29, 0.717) is 4.88 Å². The van der Waals surface area contributed by atoms with Gasteiger partial charge in [-0.25, -0.2) is 4.98 Å². The molecule has 0 aromatic carbocycles. The van der Waals surface area contributed by atoms with Gasteiger partial charge in [0.05, 0.1) is 4.88 Å². The quantitative estimate of drug-likeness (QED) is 0.615. The van der Waals surface area contributed by atoms with Crippen molar-refractivity contribution in [2.75, 3.05) is 0 Å². The zero-order valence-electron chi connectivity index (χ0n) is 4.63. The van der Waals surface area contributed by atoms with Gasteiger partial charge in [0.2, 0.25) is 6.29 Å². The third-order valence-corrected chi connectivity index (χ3v) is 1.69. The molecule has 3 heteroatoms. The summed E-state index contributed by atoms with van der Waals surface area (Å²) in [6, 6.07) is 0. The van der Waals surface area contributed by atoms with E-state index in [0.717, 1.165) is 5.01 Å². The Hall–Kier alpha value is -0.960. The van der Waals surface area contributed by atoms with Crippen LogP contribution in [-0.2, 0) is 4.79 Å². The fourth-order valence-corrected chi connectivity index (χ4v) is 0.990. The maximum Gasteiger partial charge on any atom is 0.245 e. The van der Waals surface area contributed by atoms with Gasteiger partial charge in [0.15, 0.2) is 0 Å². The van der Waals surface area contributed by atoms with Gasteiger partial charge in [-0.2, -0.15) is 0 Å². The number of carbonyl (C=O) groups excluding carboxylic acids is 1. The summed E-state index contributed by atoms with van der Waals surface area (Å²) in [6.07, 6.45) is 4.82. The molecular formula is C6H4NOS. The van der Waals surface area contributed by atoms with E-state index < -0.39 is 0 Å². The molecule has 0 atom stereocenters. The Morgan fingerprint density at radius 2 is 2.67 bits per heavy atom. The molecule has 45 valence electrons. The summed E-state index contributed by atoms with van der Waals surface area (Å²) in [5.41, 5.74) is 0. The molecule has 0 saturated heterocycles. The molecule has 0 aliphatic heterocycles. The third-order valence-electron chi connectivity index (χ3n) is 0.799. The maximum absolute atomic E-state index is 9.95. The zero-order chi connectivity index (χ0) is 6.69. The lowest BCUT2D eigenvalue weighted by Crippen LogP contribution is -1.64. The highest BCUT2D eigenvalue weighted by molar-refractivity contribution is 7.14. The first-order valence-electron chi connectivity index (χ1n) is 2.33. The highest BCUT2D eigenvalue weighted by Gasteiger charge is 1.95. The van der Waals surface area contributed by atoms with Crippen LogP contribution in [0.2, 0.25) is 0 Å². The van der Waals surface area contributed by atoms with Crippen LogP contribution in [0.4, 0.5) is 0 Å². The van der Waals surface area contributed by atoms with Crippen molar-refractivity contribution in [3.8, 4) is 0 Å². The lowest BCUT2D eigenvalue weighted by Gasteiger charge is -1.71. The molecule has 9 heavy (non-hydrogen) atoms. The van der Waals surface area contributed by atoms with Crippen LogP contribution in [0, 0.1) is 0 Å². The van der Waals surface area contributed by atoms with Crippen LogP contribution in [0.15, 0.2) is 12.8 Å². The van der Waals surface area contributed by atoms with E-state index in [1.807, 2.05) is 0 Å². The minimum atomic E-state index is 0.518. The molecule has 1 aromatic rings. The van der Waals surface area contributed by atoms with Gasteiger partial charge in [0, 0.05) is 6.20 Å². The number of nitrogens with zero attached hydrogens (tertiary/aromatic N) is 1. The fourth-order valence-electron chi connectivity index (χ4n) is 0.429. The maximum atomic E-state index is 9.95. The van der Waals surface area contributed by atoms with Crippen LogP contribution in [0.1, 0.15) is 9.88 Å². The average molecular weight is 138 g/mol. The smallest absolute Gasteiger partial charge is 0.245 e. The molecule has 0 N–H and O–H groups in total. The minimum Gasteiger partial charge on any atom is -0.284 e. The summed E-state index contributed by atoms with van der Waals surface area (Å²) >= 11 is 1.28. The summed E-state index contributed by atoms with van der Waals surface area (Å²) < 4.78 is 0. The molecule has 0 fully saturated rings. The summed E-state index contributed by atoms with van der Waals surface area (Å²) in [4.78, 5) is 14.3. The van der Waals surface area contributed by atoms with Gasteiger partial charge in [-0.1, -0.05) is 6.58 Å². The lowest BCUT2D eigenvalue weighted by atomic mass is 10.6. The van der Waals surface area contributed by atoms with Crippen LogP contribution < -0.4 is 0 Å². The van der Waals surface area contributed by atoms with Gasteiger partial charge in [-0.05, 0) is 6.08 Å². The van der Waals surface area contributed by atoms with Crippen molar-refractivity contribution in [2.24, 2.45) is 0 Å². The average Bonchev–Trinajstić information content (AvgIpc) is 2.34. The number of thiazole rings is 1. The van der Waals surface area contributed by atoms with E-state index >= 15 is 0 Å². The van der Waals surface area contributed by atoms with Crippen molar-refractivity contribution in [2.45, 2.75) is 0 Å². The second-order valence-corrected chi connectivity index (χ2v) is 2.43. The zero-order valence-corrected chi connectivity index (χ0v) is 5.44. The molecule has 0 amide bonds. The third kappa shape index (κ3) is 1.23. The Bertz CT molecular complexity index is 206. The Morgan fingerprint density at radius 3 is 3.00 bits per heavy atom. The van der Waals surface area contributed by atoms with Gasteiger partial charge in [-0.15, -0.1) is 11.3 Å². The highest BCUT2D eigenvalue weighted by Crippen LogP contribution is 2.10. The summed E-state index contributed by atoms with van der Waals surface area (Å²) in [5.74, 6) is 0. The Morgan fingerprint density at radius 1 is 1.89 bits per heavy atom. The monoisotopic (exact) mass is 138 g/mol. The predicted octanol–water partition coefficient (Wildman–Crippen LogP) is 1.24. The summed E-state index contributed by atoms with van der Waals surface area (Å²) in [5, 5.41) is 0.758. The Balaban J connectivity index is 2.98. The number of hydrogen-bond donors (Lipinski definition) is 0. The second kappa shape index (κ2) is 2.55. The fraction of sp³-hybridized carbons (Fsp3) is 0. The standard InChI is InChI=1S/C6H4NOS/c1-2-6-7-3-5(4-8)9-6/h2-3H,1H2. The van der Waals surface area contributed by atoms with Crippen molar-refractivity contribution in [1.29, 1.82) is 0 Å². The van der Waals surface area contributed by atoms with Crippen LogP contribution >= 0.6 is 11.3 Å². The first kappa shape index (κ1) is 6.16. The van der Waals surface area contributed by atoms with Crippen molar-refractivity contribution in [3.63, 3.8) is 0 Å². The molecule has 0 aliphatic rings. The van der Waals surface area contributed by atoms with E-state index in [4.69, 9.17) is 0 Å². The molecule has 0 aliphatic carbocycles. The topological polar surface area (TPSA) is 30.0 Å². The van der Waals surface area contributed by atoms with Crippen LogP contribution in [0.3, 0.4) is 0 Å². The normalized spacial score (nSPS) is 8.89. The Labute approximate surface area is 56.9 Å². The predicted molar refractivity (Wildman–Crippen MR) is 37.0 cm³/mol. The molecule has 1 rings (SSSR count). The Kier molecular flexibility index (Phi) is 1.75. The largest absolute Gasteiger partial charge is 0.284 e. The van der Waals surface area contributed by atoms with Crippen LogP contribution in [0.5, 0.6) is 0 Å². The van der Waals surface area contributed by atoms with Gasteiger partial charge in [0.1, 0.15) is 5.01 Å². The van der Waals surface area contributed by atoms with Crippen molar-refractivity contribution < 1.29 is 4.79 Å². The number of aromatic nitrogens is 1. The van der Waals surface area contributed by atoms with Crippen LogP contribution in [0.25, 0.3) is 6.08 Å². The molecule has 0 saturated carbocycles. The summed E-state index contributed by atoms with van der Waals surface area (Å²) in [6.45, 7) is 3.50. The van der Waals surface area contributed by atoms with E-state index in [9.17, 15) is 4.79 Å². The van der Waals surface area contributed by atoms with E-state index in [1.54, 1.807) is 12.4 Å². The SMILES string of the molecule is C=Cc1ncc([C]=O)s1. The van der Waals surface area contributed by atoms with E-state index in [1.165, 1.54) is 17.5 Å². The number of rotatable bonds is 2. The van der Waals surface area contributed by atoms with Crippen molar-refractivity contribution >= 4 is 23.7 Å². The molecule has 0 spiro atoms. The van der Waals surface area contributed by atoms with Gasteiger partial charge < -0.3 is 0 Å². The van der Waals surface area contributed by atoms with Gasteiger partial charge in [-0.3, -0.25) is 4.79 Å².